The van der Waals surface area contributed by atoms with Crippen molar-refractivity contribution in [3.05, 3.63) is 29.8 Å². The maximum Gasteiger partial charge on any atom is 0.202 e. The molecule has 0 saturated heterocycles. The van der Waals surface area contributed by atoms with E-state index in [4.69, 9.17) is 9.47 Å². The zero-order valence-electron chi connectivity index (χ0n) is 18.5. The number of hydrogen-bond acceptors (Lipinski definition) is 2. The fourth-order valence-corrected chi connectivity index (χ4v) is 6.88. The normalized spacial score (nSPS) is 34.8. The van der Waals surface area contributed by atoms with Gasteiger partial charge in [-0.25, -0.2) is 0 Å². The van der Waals surface area contributed by atoms with Crippen LogP contribution in [0.2, 0.25) is 0 Å². The molecule has 160 valence electrons. The number of hydrogen-bond donors (Lipinski definition) is 0. The molecule has 0 N–H and O–H groups in total. The number of aryl methyl sites for hydroxylation is 1. The lowest BCUT2D eigenvalue weighted by atomic mass is 9.46. The van der Waals surface area contributed by atoms with Gasteiger partial charge in [0, 0.05) is 5.92 Å². The molecule has 6 unspecified atom stereocenters. The molecule has 0 radical (unpaired) electrons. The summed E-state index contributed by atoms with van der Waals surface area (Å²) in [6, 6.07) is 8.86. The Kier molecular flexibility index (Phi) is 5.92. The van der Waals surface area contributed by atoms with Gasteiger partial charge in [0.2, 0.25) is 6.29 Å². The van der Waals surface area contributed by atoms with Crippen LogP contribution in [0, 0.1) is 35.5 Å². The smallest absolute Gasteiger partial charge is 0.202 e. The fraction of sp³-hybridized carbons (Fsp3) is 0.778. The summed E-state index contributed by atoms with van der Waals surface area (Å²) >= 11 is 0. The number of ether oxygens (including phenoxy) is 2. The number of benzene rings is 1. The molecule has 0 aromatic heterocycles. The van der Waals surface area contributed by atoms with Crippen molar-refractivity contribution in [2.24, 2.45) is 35.5 Å². The van der Waals surface area contributed by atoms with Crippen LogP contribution in [0.1, 0.15) is 83.6 Å². The Hall–Kier alpha value is -1.02. The van der Waals surface area contributed by atoms with Gasteiger partial charge in [0.25, 0.3) is 0 Å². The van der Waals surface area contributed by atoms with Gasteiger partial charge in [-0.2, -0.15) is 0 Å². The molecule has 0 amide bonds. The second kappa shape index (κ2) is 8.61. The van der Waals surface area contributed by atoms with Crippen molar-refractivity contribution in [1.82, 2.24) is 0 Å². The molecular formula is C27H40O2. The first kappa shape index (κ1) is 19.9. The molecule has 2 heteroatoms. The first-order valence-electron chi connectivity index (χ1n) is 12.6. The van der Waals surface area contributed by atoms with Gasteiger partial charge in [-0.15, -0.1) is 0 Å². The van der Waals surface area contributed by atoms with Crippen molar-refractivity contribution in [2.75, 3.05) is 0 Å². The summed E-state index contributed by atoms with van der Waals surface area (Å²) in [4.78, 5) is 0. The van der Waals surface area contributed by atoms with Gasteiger partial charge < -0.3 is 9.47 Å². The second-order valence-corrected chi connectivity index (χ2v) is 10.9. The average molecular weight is 397 g/mol. The van der Waals surface area contributed by atoms with Gasteiger partial charge in [0.1, 0.15) is 5.75 Å². The van der Waals surface area contributed by atoms with E-state index in [0.29, 0.717) is 12.0 Å². The molecule has 29 heavy (non-hydrogen) atoms. The minimum absolute atomic E-state index is 0.0387. The third-order valence-corrected chi connectivity index (χ3v) is 8.63. The van der Waals surface area contributed by atoms with E-state index >= 15 is 0 Å². The van der Waals surface area contributed by atoms with Crippen LogP contribution in [-0.2, 0) is 11.2 Å². The molecular weight excluding hydrogens is 356 g/mol. The minimum Gasteiger partial charge on any atom is -0.465 e. The topological polar surface area (TPSA) is 18.5 Å². The molecule has 4 saturated carbocycles. The summed E-state index contributed by atoms with van der Waals surface area (Å²) in [7, 11) is 0. The third-order valence-electron chi connectivity index (χ3n) is 8.63. The number of fused-ring (bicyclic) bond motifs is 4. The van der Waals surface area contributed by atoms with Crippen molar-refractivity contribution in [3.63, 3.8) is 0 Å². The van der Waals surface area contributed by atoms with Gasteiger partial charge in [-0.05, 0) is 92.2 Å². The SMILES string of the molecule is CC(C)CCc1ccc(OC(OC2CC3C4CCCC4C23)C2CCCCC2)cc1. The number of rotatable bonds is 8. The van der Waals surface area contributed by atoms with E-state index in [9.17, 15) is 0 Å². The van der Waals surface area contributed by atoms with Crippen LogP contribution in [0.25, 0.3) is 0 Å². The lowest BCUT2D eigenvalue weighted by Crippen LogP contribution is -2.61. The van der Waals surface area contributed by atoms with Gasteiger partial charge in [-0.1, -0.05) is 51.7 Å². The van der Waals surface area contributed by atoms with Gasteiger partial charge in [-0.3, -0.25) is 0 Å². The first-order valence-corrected chi connectivity index (χ1v) is 12.6. The highest BCUT2D eigenvalue weighted by Gasteiger charge is 2.62. The van der Waals surface area contributed by atoms with Gasteiger partial charge in [0.05, 0.1) is 6.10 Å². The van der Waals surface area contributed by atoms with Crippen molar-refractivity contribution in [1.29, 1.82) is 0 Å². The second-order valence-electron chi connectivity index (χ2n) is 10.9. The molecule has 0 aliphatic heterocycles. The monoisotopic (exact) mass is 396 g/mol. The van der Waals surface area contributed by atoms with Crippen molar-refractivity contribution < 1.29 is 9.47 Å². The maximum atomic E-state index is 6.76. The summed E-state index contributed by atoms with van der Waals surface area (Å²) in [5.41, 5.74) is 1.42. The summed E-state index contributed by atoms with van der Waals surface area (Å²) in [5.74, 6) is 6.20. The Morgan fingerprint density at radius 2 is 1.62 bits per heavy atom. The lowest BCUT2D eigenvalue weighted by molar-refractivity contribution is -0.259. The predicted octanol–water partition coefficient (Wildman–Crippen LogP) is 7.01. The van der Waals surface area contributed by atoms with Crippen LogP contribution in [0.5, 0.6) is 5.75 Å². The molecule has 6 atom stereocenters. The molecule has 0 spiro atoms. The highest BCUT2D eigenvalue weighted by Crippen LogP contribution is 2.65. The van der Waals surface area contributed by atoms with E-state index < -0.39 is 0 Å². The third kappa shape index (κ3) is 4.11. The highest BCUT2D eigenvalue weighted by molar-refractivity contribution is 5.27. The predicted molar refractivity (Wildman–Crippen MR) is 118 cm³/mol. The molecule has 0 bridgehead atoms. The molecule has 0 heterocycles. The van der Waals surface area contributed by atoms with E-state index in [0.717, 1.165) is 41.8 Å². The summed E-state index contributed by atoms with van der Waals surface area (Å²) in [5, 5.41) is 0. The van der Waals surface area contributed by atoms with E-state index in [1.165, 1.54) is 69.8 Å². The molecule has 1 aromatic carbocycles. The van der Waals surface area contributed by atoms with Crippen LogP contribution in [0.3, 0.4) is 0 Å². The van der Waals surface area contributed by atoms with Crippen molar-refractivity contribution in [2.45, 2.75) is 96.9 Å². The van der Waals surface area contributed by atoms with Crippen LogP contribution < -0.4 is 4.74 Å². The van der Waals surface area contributed by atoms with Crippen molar-refractivity contribution in [3.8, 4) is 5.75 Å². The quantitative estimate of drug-likeness (QED) is 0.440. The maximum absolute atomic E-state index is 6.76. The van der Waals surface area contributed by atoms with E-state index in [2.05, 4.69) is 38.1 Å². The highest BCUT2D eigenvalue weighted by atomic mass is 16.7. The molecule has 4 aliphatic carbocycles. The van der Waals surface area contributed by atoms with Crippen LogP contribution >= 0.6 is 0 Å². The summed E-state index contributed by atoms with van der Waals surface area (Å²) in [6.45, 7) is 4.59. The molecule has 2 nitrogen and oxygen atoms in total. The molecule has 4 fully saturated rings. The lowest BCUT2D eigenvalue weighted by Gasteiger charge is -2.62. The van der Waals surface area contributed by atoms with Gasteiger partial charge >= 0.3 is 0 Å². The van der Waals surface area contributed by atoms with Crippen molar-refractivity contribution >= 4 is 0 Å². The van der Waals surface area contributed by atoms with Crippen LogP contribution in [0.4, 0.5) is 0 Å². The Labute approximate surface area is 177 Å². The average Bonchev–Trinajstić information content (AvgIpc) is 3.12. The van der Waals surface area contributed by atoms with Gasteiger partial charge in [0.15, 0.2) is 0 Å². The zero-order valence-corrected chi connectivity index (χ0v) is 18.5. The fourth-order valence-electron chi connectivity index (χ4n) is 6.88. The van der Waals surface area contributed by atoms with Crippen LogP contribution in [-0.4, -0.2) is 12.4 Å². The summed E-state index contributed by atoms with van der Waals surface area (Å²) < 4.78 is 13.3. The minimum atomic E-state index is -0.0387. The van der Waals surface area contributed by atoms with Crippen LogP contribution in [0.15, 0.2) is 24.3 Å². The largest absolute Gasteiger partial charge is 0.465 e. The van der Waals surface area contributed by atoms with E-state index in [1.54, 1.807) is 0 Å². The van der Waals surface area contributed by atoms with E-state index in [-0.39, 0.29) is 6.29 Å². The standard InChI is InChI=1S/C27H40O2/c1-18(2)11-12-19-13-15-21(16-14-19)28-27(20-7-4-3-5-8-20)29-25-17-24-22-9-6-10-23(22)26(24)25/h13-16,18,20,22-27H,3-12,17H2,1-2H3. The van der Waals surface area contributed by atoms with E-state index in [1.807, 2.05) is 0 Å². The Morgan fingerprint density at radius 1 is 0.862 bits per heavy atom. The summed E-state index contributed by atoms with van der Waals surface area (Å²) in [6.07, 6.45) is 15.1. The Balaban J connectivity index is 1.22. The Bertz CT molecular complexity index is 660. The molecule has 1 aromatic rings. The Morgan fingerprint density at radius 3 is 2.38 bits per heavy atom. The molecule has 5 rings (SSSR count). The molecule has 4 aliphatic rings. The first-order chi connectivity index (χ1) is 14.2. The zero-order chi connectivity index (χ0) is 19.8.